The highest BCUT2D eigenvalue weighted by atomic mass is 19.1. The number of H-pyrrole nitrogens is 1. The molecule has 0 bridgehead atoms. The van der Waals surface area contributed by atoms with Crippen LogP contribution >= 0.6 is 0 Å². The Morgan fingerprint density at radius 3 is 2.68 bits per heavy atom. The van der Waals surface area contributed by atoms with E-state index in [4.69, 9.17) is 0 Å². The van der Waals surface area contributed by atoms with Crippen molar-refractivity contribution in [2.75, 3.05) is 6.54 Å². The summed E-state index contributed by atoms with van der Waals surface area (Å²) < 4.78 is 13.0. The molecule has 4 rings (SSSR count). The summed E-state index contributed by atoms with van der Waals surface area (Å²) in [6.45, 7) is 0.807. The summed E-state index contributed by atoms with van der Waals surface area (Å²) in [5.41, 5.74) is 2.64. The lowest BCUT2D eigenvalue weighted by molar-refractivity contribution is -0.128. The fraction of sp³-hybridized carbons (Fsp3) is 0.190. The molecule has 2 amide bonds. The number of rotatable bonds is 5. The zero-order valence-electron chi connectivity index (χ0n) is 15.1. The Kier molecular flexibility index (Phi) is 4.89. The van der Waals surface area contributed by atoms with Gasteiger partial charge in [-0.05, 0) is 17.7 Å². The minimum atomic E-state index is -0.310. The van der Waals surface area contributed by atoms with Crippen LogP contribution in [0.1, 0.15) is 22.5 Å². The number of carbonyl (C=O) groups is 2. The van der Waals surface area contributed by atoms with Crippen LogP contribution in [0.3, 0.4) is 0 Å². The molecule has 142 valence electrons. The third kappa shape index (κ3) is 3.78. The van der Waals surface area contributed by atoms with Gasteiger partial charge in [0, 0.05) is 25.1 Å². The summed E-state index contributed by atoms with van der Waals surface area (Å²) in [5.74, 6) is -0.643. The molecule has 1 unspecified atom stereocenters. The first-order chi connectivity index (χ1) is 13.6. The molecule has 0 radical (unpaired) electrons. The average molecular weight is 378 g/mol. The number of amides is 2. The van der Waals surface area contributed by atoms with Gasteiger partial charge in [0.25, 0.3) is 5.91 Å². The van der Waals surface area contributed by atoms with E-state index >= 15 is 0 Å². The number of likely N-dealkylation sites (tertiary alicyclic amines) is 1. The second-order valence-corrected chi connectivity index (χ2v) is 6.77. The molecule has 6 nitrogen and oxygen atoms in total. The van der Waals surface area contributed by atoms with Crippen LogP contribution < -0.4 is 5.32 Å². The van der Waals surface area contributed by atoms with E-state index in [2.05, 4.69) is 15.3 Å². The van der Waals surface area contributed by atoms with E-state index in [0.717, 1.165) is 11.1 Å². The fourth-order valence-corrected chi connectivity index (χ4v) is 3.37. The van der Waals surface area contributed by atoms with Gasteiger partial charge >= 0.3 is 0 Å². The Balaban J connectivity index is 1.42. The van der Waals surface area contributed by atoms with Crippen molar-refractivity contribution in [1.29, 1.82) is 0 Å². The van der Waals surface area contributed by atoms with Crippen LogP contribution in [-0.4, -0.2) is 39.3 Å². The molecule has 1 aliphatic heterocycles. The summed E-state index contributed by atoms with van der Waals surface area (Å²) in [6, 6.07) is 15.2. The largest absolute Gasteiger partial charge is 0.346 e. The number of benzene rings is 2. The summed E-state index contributed by atoms with van der Waals surface area (Å²) >= 11 is 0. The van der Waals surface area contributed by atoms with Gasteiger partial charge in [-0.3, -0.25) is 9.59 Å². The van der Waals surface area contributed by atoms with Crippen LogP contribution in [0.15, 0.2) is 60.9 Å². The van der Waals surface area contributed by atoms with Gasteiger partial charge in [-0.15, -0.1) is 0 Å². The first-order valence-corrected chi connectivity index (χ1v) is 9.02. The van der Waals surface area contributed by atoms with Crippen molar-refractivity contribution in [2.24, 2.45) is 0 Å². The highest BCUT2D eigenvalue weighted by Crippen LogP contribution is 2.21. The van der Waals surface area contributed by atoms with E-state index in [1.165, 1.54) is 18.5 Å². The molecule has 7 heteroatoms. The van der Waals surface area contributed by atoms with E-state index in [0.29, 0.717) is 24.5 Å². The van der Waals surface area contributed by atoms with Crippen LogP contribution in [-0.2, 0) is 11.3 Å². The predicted molar refractivity (Wildman–Crippen MR) is 102 cm³/mol. The van der Waals surface area contributed by atoms with Gasteiger partial charge < -0.3 is 15.2 Å². The summed E-state index contributed by atoms with van der Waals surface area (Å²) in [7, 11) is 0. The van der Waals surface area contributed by atoms with Crippen LogP contribution in [0, 0.1) is 5.82 Å². The maximum absolute atomic E-state index is 13.0. The number of nitrogens with one attached hydrogen (secondary N) is 2. The molecular weight excluding hydrogens is 359 g/mol. The van der Waals surface area contributed by atoms with Gasteiger partial charge in [0.15, 0.2) is 0 Å². The molecule has 0 aliphatic carbocycles. The van der Waals surface area contributed by atoms with Gasteiger partial charge in [0.2, 0.25) is 5.91 Å². The van der Waals surface area contributed by atoms with Crippen molar-refractivity contribution in [2.45, 2.75) is 19.0 Å². The Labute approximate surface area is 161 Å². The number of imidazole rings is 1. The highest BCUT2D eigenvalue weighted by Gasteiger charge is 2.31. The minimum absolute atomic E-state index is 0.0393. The van der Waals surface area contributed by atoms with Gasteiger partial charge in [-0.25, -0.2) is 9.37 Å². The third-order valence-corrected chi connectivity index (χ3v) is 4.75. The second kappa shape index (κ2) is 7.64. The maximum Gasteiger partial charge on any atom is 0.270 e. The van der Waals surface area contributed by atoms with E-state index in [-0.39, 0.29) is 30.1 Å². The first kappa shape index (κ1) is 17.9. The normalized spacial score (nSPS) is 16.4. The molecule has 0 saturated carbocycles. The lowest BCUT2D eigenvalue weighted by Gasteiger charge is -2.17. The molecule has 0 spiro atoms. The zero-order valence-corrected chi connectivity index (χ0v) is 15.1. The van der Waals surface area contributed by atoms with E-state index in [9.17, 15) is 14.0 Å². The van der Waals surface area contributed by atoms with E-state index in [1.807, 2.05) is 30.3 Å². The number of nitrogens with zero attached hydrogens (tertiary/aromatic N) is 2. The third-order valence-electron chi connectivity index (χ3n) is 4.75. The van der Waals surface area contributed by atoms with Gasteiger partial charge in [0.1, 0.15) is 17.2 Å². The predicted octanol–water partition coefficient (Wildman–Crippen LogP) is 2.75. The quantitative estimate of drug-likeness (QED) is 0.717. The number of aromatic nitrogens is 2. The molecule has 1 aliphatic rings. The molecule has 1 aromatic heterocycles. The molecule has 1 fully saturated rings. The van der Waals surface area contributed by atoms with Crippen molar-refractivity contribution in [3.63, 3.8) is 0 Å². The van der Waals surface area contributed by atoms with Crippen LogP contribution in [0.5, 0.6) is 0 Å². The Morgan fingerprint density at radius 1 is 1.18 bits per heavy atom. The molecular formula is C21H19FN4O2. The zero-order chi connectivity index (χ0) is 19.5. The number of halogens is 1. The standard InChI is InChI=1S/C21H19FN4O2/c22-16-8-6-14(7-9-16)11-26-12-17(10-18(26)27)25-21(28)20-19(23-13-24-20)15-4-2-1-3-5-15/h1-9,13,17H,10-12H2,(H,23,24)(H,25,28). The molecule has 1 atom stereocenters. The second-order valence-electron chi connectivity index (χ2n) is 6.77. The smallest absolute Gasteiger partial charge is 0.270 e. The number of aromatic amines is 1. The molecule has 2 heterocycles. The first-order valence-electron chi connectivity index (χ1n) is 9.02. The van der Waals surface area contributed by atoms with Crippen molar-refractivity contribution in [3.8, 4) is 11.3 Å². The van der Waals surface area contributed by atoms with Gasteiger partial charge in [-0.2, -0.15) is 0 Å². The topological polar surface area (TPSA) is 78.1 Å². The Bertz CT molecular complexity index is 985. The van der Waals surface area contributed by atoms with Crippen molar-refractivity contribution >= 4 is 11.8 Å². The minimum Gasteiger partial charge on any atom is -0.346 e. The number of hydrogen-bond acceptors (Lipinski definition) is 3. The van der Waals surface area contributed by atoms with E-state index < -0.39 is 0 Å². The highest BCUT2D eigenvalue weighted by molar-refractivity contribution is 5.98. The summed E-state index contributed by atoms with van der Waals surface area (Å²) in [5, 5.41) is 2.91. The maximum atomic E-state index is 13.0. The van der Waals surface area contributed by atoms with Crippen molar-refractivity contribution in [3.05, 3.63) is 78.0 Å². The van der Waals surface area contributed by atoms with Crippen LogP contribution in [0.2, 0.25) is 0 Å². The Hall–Kier alpha value is -3.48. The van der Waals surface area contributed by atoms with Crippen molar-refractivity contribution in [1.82, 2.24) is 20.2 Å². The molecule has 2 N–H and O–H groups in total. The lowest BCUT2D eigenvalue weighted by atomic mass is 10.1. The lowest BCUT2D eigenvalue weighted by Crippen LogP contribution is -2.37. The fourth-order valence-electron chi connectivity index (χ4n) is 3.37. The number of carbonyl (C=O) groups excluding carboxylic acids is 2. The van der Waals surface area contributed by atoms with Gasteiger partial charge in [-0.1, -0.05) is 42.5 Å². The average Bonchev–Trinajstić information content (AvgIpc) is 3.31. The molecule has 2 aromatic carbocycles. The summed E-state index contributed by atoms with van der Waals surface area (Å²) in [4.78, 5) is 33.8. The van der Waals surface area contributed by atoms with E-state index in [1.54, 1.807) is 17.0 Å². The molecule has 28 heavy (non-hydrogen) atoms. The molecule has 3 aromatic rings. The molecule has 1 saturated heterocycles. The number of hydrogen-bond donors (Lipinski definition) is 2. The van der Waals surface area contributed by atoms with Gasteiger partial charge in [0.05, 0.1) is 12.4 Å². The SMILES string of the molecule is O=C(NC1CC(=O)N(Cc2ccc(F)cc2)C1)c1[nH]cnc1-c1ccccc1. The monoisotopic (exact) mass is 378 g/mol. The Morgan fingerprint density at radius 2 is 1.93 bits per heavy atom. The summed E-state index contributed by atoms with van der Waals surface area (Å²) in [6.07, 6.45) is 1.72. The van der Waals surface area contributed by atoms with Crippen molar-refractivity contribution < 1.29 is 14.0 Å². The van der Waals surface area contributed by atoms with Crippen LogP contribution in [0.25, 0.3) is 11.3 Å². The van der Waals surface area contributed by atoms with Crippen LogP contribution in [0.4, 0.5) is 4.39 Å².